The lowest BCUT2D eigenvalue weighted by Gasteiger charge is -2.22. The summed E-state index contributed by atoms with van der Waals surface area (Å²) in [6.45, 7) is 0.0395. The Bertz CT molecular complexity index is 1150. The molecule has 1 N–H and O–H groups in total. The minimum absolute atomic E-state index is 0.00465. The van der Waals surface area contributed by atoms with Crippen molar-refractivity contribution in [1.29, 1.82) is 0 Å². The van der Waals surface area contributed by atoms with Crippen molar-refractivity contribution >= 4 is 17.5 Å². The fourth-order valence-electron chi connectivity index (χ4n) is 4.15. The highest BCUT2D eigenvalue weighted by atomic mass is 16.5. The second-order valence-corrected chi connectivity index (χ2v) is 7.85. The molecule has 2 aliphatic rings. The standard InChI is InChI=1S/C21H23N7O3/c1-26-11-13(10-22-26)15-7-5-9-18-24-19(25-28(15)18)20(29)23-14-12-31-17-8-4-3-6-16(17)27(2)21(14)30/h3-4,6,8,10-11,14-15H,5,7,9,12H2,1-2H3,(H,23,29)/t14?,15-/m1/s1. The average Bonchev–Trinajstić information content (AvgIpc) is 3.39. The molecule has 3 aromatic rings. The van der Waals surface area contributed by atoms with E-state index >= 15 is 0 Å². The molecule has 10 nitrogen and oxygen atoms in total. The number of aromatic nitrogens is 5. The highest BCUT2D eigenvalue weighted by molar-refractivity contribution is 6.02. The minimum Gasteiger partial charge on any atom is -0.489 e. The summed E-state index contributed by atoms with van der Waals surface area (Å²) < 4.78 is 9.32. The van der Waals surface area contributed by atoms with Gasteiger partial charge in [0.1, 0.15) is 24.2 Å². The van der Waals surface area contributed by atoms with Gasteiger partial charge in [-0.25, -0.2) is 9.67 Å². The number of likely N-dealkylation sites (N-methyl/N-ethyl adjacent to an activating group) is 1. The molecule has 4 heterocycles. The van der Waals surface area contributed by atoms with Gasteiger partial charge in [-0.2, -0.15) is 5.10 Å². The molecule has 2 aliphatic heterocycles. The zero-order valence-corrected chi connectivity index (χ0v) is 17.4. The second-order valence-electron chi connectivity index (χ2n) is 7.85. The molecule has 0 saturated heterocycles. The summed E-state index contributed by atoms with van der Waals surface area (Å²) in [5, 5.41) is 11.5. The quantitative estimate of drug-likeness (QED) is 0.679. The smallest absolute Gasteiger partial charge is 0.291 e. The first-order valence-electron chi connectivity index (χ1n) is 10.3. The molecule has 2 amide bonds. The number of anilines is 1. The molecule has 10 heteroatoms. The number of hydrogen-bond donors (Lipinski definition) is 1. The Morgan fingerprint density at radius 3 is 2.90 bits per heavy atom. The lowest BCUT2D eigenvalue weighted by molar-refractivity contribution is -0.120. The molecule has 5 rings (SSSR count). The fraction of sp³-hybridized carbons (Fsp3) is 0.381. The zero-order valence-electron chi connectivity index (χ0n) is 17.4. The van der Waals surface area contributed by atoms with E-state index in [0.717, 1.165) is 30.7 Å². The summed E-state index contributed by atoms with van der Waals surface area (Å²) in [6.07, 6.45) is 6.38. The monoisotopic (exact) mass is 421 g/mol. The van der Waals surface area contributed by atoms with E-state index in [1.165, 1.54) is 4.90 Å². The summed E-state index contributed by atoms with van der Waals surface area (Å²) >= 11 is 0. The van der Waals surface area contributed by atoms with Crippen LogP contribution < -0.4 is 15.0 Å². The van der Waals surface area contributed by atoms with Crippen molar-refractivity contribution in [2.75, 3.05) is 18.6 Å². The molecule has 0 radical (unpaired) electrons. The molecule has 31 heavy (non-hydrogen) atoms. The molecule has 1 unspecified atom stereocenters. The van der Waals surface area contributed by atoms with Crippen molar-refractivity contribution in [1.82, 2.24) is 29.9 Å². The number of nitrogens with zero attached hydrogens (tertiary/aromatic N) is 6. The van der Waals surface area contributed by atoms with Crippen LogP contribution in [0.3, 0.4) is 0 Å². The number of fused-ring (bicyclic) bond motifs is 2. The highest BCUT2D eigenvalue weighted by Crippen LogP contribution is 2.31. The van der Waals surface area contributed by atoms with Crippen LogP contribution in [-0.4, -0.2) is 56.1 Å². The summed E-state index contributed by atoms with van der Waals surface area (Å²) in [5.74, 6) is 0.676. The van der Waals surface area contributed by atoms with Crippen molar-refractivity contribution in [3.05, 3.63) is 53.9 Å². The Hall–Kier alpha value is -3.69. The number of para-hydroxylation sites is 2. The number of carbonyl (C=O) groups is 2. The largest absolute Gasteiger partial charge is 0.489 e. The maximum Gasteiger partial charge on any atom is 0.291 e. The Kier molecular flexibility index (Phi) is 4.68. The first-order chi connectivity index (χ1) is 15.0. The Morgan fingerprint density at radius 1 is 1.26 bits per heavy atom. The number of rotatable bonds is 3. The van der Waals surface area contributed by atoms with E-state index in [9.17, 15) is 9.59 Å². The van der Waals surface area contributed by atoms with Gasteiger partial charge in [0, 0.05) is 32.3 Å². The third-order valence-electron chi connectivity index (χ3n) is 5.75. The van der Waals surface area contributed by atoms with Gasteiger partial charge >= 0.3 is 0 Å². The van der Waals surface area contributed by atoms with E-state index in [0.29, 0.717) is 11.4 Å². The van der Waals surface area contributed by atoms with Gasteiger partial charge in [0.25, 0.3) is 11.8 Å². The van der Waals surface area contributed by atoms with Gasteiger partial charge in [-0.1, -0.05) is 12.1 Å². The van der Waals surface area contributed by atoms with Gasteiger partial charge in [0.15, 0.2) is 0 Å². The number of hydrogen-bond acceptors (Lipinski definition) is 6. The topological polar surface area (TPSA) is 107 Å². The molecule has 2 atom stereocenters. The van der Waals surface area contributed by atoms with Gasteiger partial charge in [0.2, 0.25) is 5.82 Å². The molecule has 0 aliphatic carbocycles. The normalized spacial score (nSPS) is 20.5. The first kappa shape index (κ1) is 19.3. The van der Waals surface area contributed by atoms with Crippen LogP contribution in [0, 0.1) is 0 Å². The van der Waals surface area contributed by atoms with Crippen LogP contribution in [0.4, 0.5) is 5.69 Å². The first-order valence-corrected chi connectivity index (χ1v) is 10.3. The summed E-state index contributed by atoms with van der Waals surface area (Å²) in [5.41, 5.74) is 1.70. The lowest BCUT2D eigenvalue weighted by Crippen LogP contribution is -2.49. The van der Waals surface area contributed by atoms with Crippen LogP contribution >= 0.6 is 0 Å². The van der Waals surface area contributed by atoms with Crippen molar-refractivity contribution < 1.29 is 14.3 Å². The molecule has 160 valence electrons. The Morgan fingerprint density at radius 2 is 2.10 bits per heavy atom. The molecule has 0 saturated carbocycles. The Balaban J connectivity index is 1.36. The predicted molar refractivity (Wildman–Crippen MR) is 111 cm³/mol. The van der Waals surface area contributed by atoms with Crippen molar-refractivity contribution in [2.45, 2.75) is 31.3 Å². The lowest BCUT2D eigenvalue weighted by atomic mass is 10.0. The maximum absolute atomic E-state index is 12.9. The predicted octanol–water partition coefficient (Wildman–Crippen LogP) is 1.09. The third kappa shape index (κ3) is 3.43. The molecule has 0 spiro atoms. The zero-order chi connectivity index (χ0) is 21.5. The van der Waals surface area contributed by atoms with Gasteiger partial charge in [-0.05, 0) is 25.0 Å². The number of benzene rings is 1. The maximum atomic E-state index is 12.9. The number of nitrogens with one attached hydrogen (secondary N) is 1. The van der Waals surface area contributed by atoms with Crippen LogP contribution in [0.25, 0.3) is 0 Å². The van der Waals surface area contributed by atoms with Crippen LogP contribution in [0.2, 0.25) is 0 Å². The highest BCUT2D eigenvalue weighted by Gasteiger charge is 2.33. The van der Waals surface area contributed by atoms with Crippen molar-refractivity contribution in [3.8, 4) is 5.75 Å². The third-order valence-corrected chi connectivity index (χ3v) is 5.75. The SMILES string of the molecule is CN1C(=O)C(NC(=O)c2nc3n(n2)[C@@H](c2cnn(C)c2)CCC3)COc2ccccc21. The second kappa shape index (κ2) is 7.53. The van der Waals surface area contributed by atoms with E-state index in [1.807, 2.05) is 36.3 Å². The van der Waals surface area contributed by atoms with Crippen LogP contribution in [-0.2, 0) is 18.3 Å². The number of ether oxygens (including phenoxy) is 1. The fourth-order valence-corrected chi connectivity index (χ4v) is 4.15. The summed E-state index contributed by atoms with van der Waals surface area (Å²) in [7, 11) is 3.54. The molecular formula is C21H23N7O3. The van der Waals surface area contributed by atoms with E-state index in [1.54, 1.807) is 23.9 Å². The van der Waals surface area contributed by atoms with Crippen molar-refractivity contribution in [2.24, 2.45) is 7.05 Å². The van der Waals surface area contributed by atoms with Crippen LogP contribution in [0.15, 0.2) is 36.7 Å². The van der Waals surface area contributed by atoms with Gasteiger partial charge in [0.05, 0.1) is 17.9 Å². The van der Waals surface area contributed by atoms with Gasteiger partial charge < -0.3 is 15.0 Å². The molecule has 0 fully saturated rings. The number of carbonyl (C=O) groups excluding carboxylic acids is 2. The molecular weight excluding hydrogens is 398 g/mol. The number of aryl methyl sites for hydroxylation is 2. The molecule has 2 aromatic heterocycles. The minimum atomic E-state index is -0.834. The van der Waals surface area contributed by atoms with E-state index in [-0.39, 0.29) is 24.4 Å². The van der Waals surface area contributed by atoms with E-state index < -0.39 is 11.9 Å². The van der Waals surface area contributed by atoms with Crippen LogP contribution in [0.1, 0.15) is 40.9 Å². The molecule has 1 aromatic carbocycles. The average molecular weight is 421 g/mol. The van der Waals surface area contributed by atoms with E-state index in [2.05, 4.69) is 20.5 Å². The summed E-state index contributed by atoms with van der Waals surface area (Å²) in [4.78, 5) is 31.8. The van der Waals surface area contributed by atoms with Crippen LogP contribution in [0.5, 0.6) is 5.75 Å². The van der Waals surface area contributed by atoms with E-state index in [4.69, 9.17) is 4.74 Å². The number of amides is 2. The van der Waals surface area contributed by atoms with Gasteiger partial charge in [-0.15, -0.1) is 5.10 Å². The molecule has 0 bridgehead atoms. The summed E-state index contributed by atoms with van der Waals surface area (Å²) in [6, 6.07) is 6.44. The van der Waals surface area contributed by atoms with Crippen molar-refractivity contribution in [3.63, 3.8) is 0 Å². The van der Waals surface area contributed by atoms with Gasteiger partial charge in [-0.3, -0.25) is 14.3 Å². The Labute approximate surface area is 178 Å².